The highest BCUT2D eigenvalue weighted by Gasteiger charge is 2.60. The minimum absolute atomic E-state index is 0.131. The summed E-state index contributed by atoms with van der Waals surface area (Å²) < 4.78 is 14.3. The highest BCUT2D eigenvalue weighted by atomic mass is 79.9. The van der Waals surface area contributed by atoms with Crippen LogP contribution in [-0.2, 0) is 4.79 Å². The van der Waals surface area contributed by atoms with Crippen molar-refractivity contribution in [3.8, 4) is 0 Å². The maximum Gasteiger partial charge on any atom is 0.228 e. The van der Waals surface area contributed by atoms with Crippen molar-refractivity contribution in [3.05, 3.63) is 30.1 Å². The summed E-state index contributed by atoms with van der Waals surface area (Å²) in [4.78, 5) is 17.7. The minimum Gasteiger partial charge on any atom is -0.366 e. The number of hydrogen-bond acceptors (Lipinski definition) is 2. The smallest absolute Gasteiger partial charge is 0.228 e. The van der Waals surface area contributed by atoms with Crippen molar-refractivity contribution in [2.24, 2.45) is 17.3 Å². The highest BCUT2D eigenvalue weighted by Crippen LogP contribution is 2.64. The Kier molecular flexibility index (Phi) is 3.90. The number of rotatable bonds is 2. The Morgan fingerprint density at radius 3 is 2.31 bits per heavy atom. The number of piperazine rings is 1. The third-order valence-electron chi connectivity index (χ3n) is 7.20. The van der Waals surface area contributed by atoms with Gasteiger partial charge in [0.05, 0.1) is 11.1 Å². The molecule has 5 fully saturated rings. The second kappa shape index (κ2) is 5.95. The molecule has 6 rings (SSSR count). The van der Waals surface area contributed by atoms with Crippen molar-refractivity contribution in [2.75, 3.05) is 31.1 Å². The summed E-state index contributed by atoms with van der Waals surface area (Å²) >= 11 is 4.01. The largest absolute Gasteiger partial charge is 0.366 e. The average molecular weight is 421 g/mol. The Morgan fingerprint density at radius 1 is 1.04 bits per heavy atom. The van der Waals surface area contributed by atoms with Crippen molar-refractivity contribution in [1.82, 2.24) is 4.90 Å². The number of nitrogens with zero attached hydrogens (tertiary/aromatic N) is 2. The molecule has 4 aliphatic carbocycles. The van der Waals surface area contributed by atoms with Gasteiger partial charge in [0.1, 0.15) is 5.82 Å². The number of carbonyl (C=O) groups excluding carboxylic acids is 1. The lowest BCUT2D eigenvalue weighted by atomic mass is 9.49. The lowest BCUT2D eigenvalue weighted by molar-refractivity contribution is -0.155. The second-order valence-corrected chi connectivity index (χ2v) is 10.8. The second-order valence-electron chi connectivity index (χ2n) is 9.12. The van der Waals surface area contributed by atoms with E-state index in [9.17, 15) is 9.18 Å². The van der Waals surface area contributed by atoms with Crippen molar-refractivity contribution in [3.63, 3.8) is 0 Å². The number of carbonyl (C=O) groups is 1. The van der Waals surface area contributed by atoms with Gasteiger partial charge in [0.25, 0.3) is 0 Å². The van der Waals surface area contributed by atoms with Crippen LogP contribution in [0.5, 0.6) is 0 Å². The van der Waals surface area contributed by atoms with Gasteiger partial charge in [-0.25, -0.2) is 4.39 Å². The maximum absolute atomic E-state index is 14.0. The van der Waals surface area contributed by atoms with Crippen molar-refractivity contribution >= 4 is 27.5 Å². The number of para-hydroxylation sites is 1. The summed E-state index contributed by atoms with van der Waals surface area (Å²) in [6.07, 6.45) is 7.01. The molecule has 1 aromatic rings. The van der Waals surface area contributed by atoms with Gasteiger partial charge in [-0.05, 0) is 62.5 Å². The zero-order chi connectivity index (χ0) is 17.9. The highest BCUT2D eigenvalue weighted by molar-refractivity contribution is 9.10. The van der Waals surface area contributed by atoms with E-state index in [1.54, 1.807) is 6.07 Å². The fraction of sp³-hybridized carbons (Fsp3) is 0.667. The molecular weight excluding hydrogens is 395 g/mol. The Morgan fingerprint density at radius 2 is 1.69 bits per heavy atom. The zero-order valence-electron chi connectivity index (χ0n) is 15.1. The molecule has 1 heterocycles. The van der Waals surface area contributed by atoms with E-state index < -0.39 is 0 Å². The molecule has 1 aliphatic heterocycles. The predicted octanol–water partition coefficient (Wildman–Crippen LogP) is 4.21. The van der Waals surface area contributed by atoms with Crippen LogP contribution in [0.4, 0.5) is 10.1 Å². The molecule has 4 bridgehead atoms. The maximum atomic E-state index is 14.0. The van der Waals surface area contributed by atoms with Crippen LogP contribution in [-0.4, -0.2) is 41.3 Å². The van der Waals surface area contributed by atoms with Crippen LogP contribution in [0.1, 0.15) is 38.5 Å². The van der Waals surface area contributed by atoms with Crippen molar-refractivity contribution in [1.29, 1.82) is 0 Å². The van der Waals surface area contributed by atoms with Gasteiger partial charge in [0.15, 0.2) is 0 Å². The van der Waals surface area contributed by atoms with E-state index in [4.69, 9.17) is 0 Å². The number of anilines is 1. The van der Waals surface area contributed by atoms with E-state index in [2.05, 4.69) is 25.7 Å². The van der Waals surface area contributed by atoms with Gasteiger partial charge in [-0.15, -0.1) is 0 Å². The number of halogens is 2. The first-order chi connectivity index (χ1) is 12.5. The molecule has 1 amide bonds. The molecule has 2 atom stereocenters. The molecule has 0 spiro atoms. The van der Waals surface area contributed by atoms with Gasteiger partial charge in [-0.1, -0.05) is 28.1 Å². The quantitative estimate of drug-likeness (QED) is 0.668. The summed E-state index contributed by atoms with van der Waals surface area (Å²) in [6, 6.07) is 6.95. The normalized spacial score (nSPS) is 38.7. The minimum atomic E-state index is -0.172. The molecule has 1 saturated heterocycles. The fourth-order valence-corrected chi connectivity index (χ4v) is 8.05. The molecular formula is C21H26BrFN2O. The van der Waals surface area contributed by atoms with E-state index in [1.165, 1.54) is 25.3 Å². The van der Waals surface area contributed by atoms with Crippen LogP contribution in [0, 0.1) is 23.1 Å². The monoisotopic (exact) mass is 420 g/mol. The lowest BCUT2D eigenvalue weighted by Crippen LogP contribution is -2.61. The molecule has 4 saturated carbocycles. The number of benzene rings is 1. The molecule has 1 aromatic carbocycles. The Bertz CT molecular complexity index is 716. The van der Waals surface area contributed by atoms with Crippen molar-refractivity contribution < 1.29 is 9.18 Å². The van der Waals surface area contributed by atoms with Crippen LogP contribution in [0.15, 0.2) is 24.3 Å². The van der Waals surface area contributed by atoms with Crippen LogP contribution < -0.4 is 4.90 Å². The first-order valence-electron chi connectivity index (χ1n) is 9.94. The Labute approximate surface area is 163 Å². The van der Waals surface area contributed by atoms with Gasteiger partial charge in [0.2, 0.25) is 5.91 Å². The number of amides is 1. The summed E-state index contributed by atoms with van der Waals surface area (Å²) in [5.74, 6) is 1.65. The lowest BCUT2D eigenvalue weighted by Gasteiger charge is -2.60. The van der Waals surface area contributed by atoms with E-state index in [-0.39, 0.29) is 15.6 Å². The molecule has 26 heavy (non-hydrogen) atoms. The van der Waals surface area contributed by atoms with Crippen LogP contribution >= 0.6 is 15.9 Å². The van der Waals surface area contributed by atoms with Crippen LogP contribution in [0.25, 0.3) is 0 Å². The third kappa shape index (κ3) is 2.69. The molecule has 3 nitrogen and oxygen atoms in total. The summed E-state index contributed by atoms with van der Waals surface area (Å²) in [7, 11) is 0. The van der Waals surface area contributed by atoms with Crippen LogP contribution in [0.2, 0.25) is 0 Å². The zero-order valence-corrected chi connectivity index (χ0v) is 16.7. The fourth-order valence-electron chi connectivity index (χ4n) is 6.60. The van der Waals surface area contributed by atoms with Crippen molar-refractivity contribution in [2.45, 2.75) is 42.8 Å². The molecule has 140 valence electrons. The van der Waals surface area contributed by atoms with E-state index in [0.29, 0.717) is 24.7 Å². The van der Waals surface area contributed by atoms with E-state index in [0.717, 1.165) is 44.2 Å². The summed E-state index contributed by atoms with van der Waals surface area (Å²) in [6.45, 7) is 2.85. The number of hydrogen-bond donors (Lipinski definition) is 0. The van der Waals surface area contributed by atoms with Gasteiger partial charge in [-0.3, -0.25) is 4.79 Å². The molecule has 2 unspecified atom stereocenters. The molecule has 0 N–H and O–H groups in total. The molecule has 5 aliphatic rings. The molecule has 5 heteroatoms. The first-order valence-corrected chi connectivity index (χ1v) is 10.7. The van der Waals surface area contributed by atoms with Gasteiger partial charge >= 0.3 is 0 Å². The van der Waals surface area contributed by atoms with Gasteiger partial charge in [0, 0.05) is 30.5 Å². The topological polar surface area (TPSA) is 23.6 Å². The average Bonchev–Trinajstić information content (AvgIpc) is 2.60. The summed E-state index contributed by atoms with van der Waals surface area (Å²) in [5, 5.41) is 0. The third-order valence-corrected chi connectivity index (χ3v) is 8.13. The standard InChI is InChI=1S/C21H26BrFN2O/c22-21-12-15-9-16(13-21)11-20(10-15,14-21)19(26)25-7-5-24(6-8-25)18-4-2-1-3-17(18)23/h1-4,15-16H,5-14H2. The van der Waals surface area contributed by atoms with Gasteiger partial charge in [-0.2, -0.15) is 0 Å². The predicted molar refractivity (Wildman–Crippen MR) is 104 cm³/mol. The number of alkyl halides is 1. The SMILES string of the molecule is O=C(N1CCN(c2ccccc2F)CC1)C12CC3CC(CC(Br)(C3)C1)C2. The van der Waals surface area contributed by atoms with E-state index in [1.807, 2.05) is 12.1 Å². The Hall–Kier alpha value is -1.10. The molecule has 0 radical (unpaired) electrons. The summed E-state index contributed by atoms with van der Waals surface area (Å²) in [5.41, 5.74) is 0.530. The van der Waals surface area contributed by atoms with E-state index >= 15 is 0 Å². The first kappa shape index (κ1) is 17.0. The van der Waals surface area contributed by atoms with Crippen LogP contribution in [0.3, 0.4) is 0 Å². The molecule has 0 aromatic heterocycles. The Balaban J connectivity index is 1.30. The van der Waals surface area contributed by atoms with Gasteiger partial charge < -0.3 is 9.80 Å².